The number of carbonyl (C=O) groups excluding carboxylic acids is 1. The van der Waals surface area contributed by atoms with Crippen LogP contribution in [0.1, 0.15) is 28.4 Å². The normalized spacial score (nSPS) is 16.7. The summed E-state index contributed by atoms with van der Waals surface area (Å²) in [7, 11) is 1.59. The van der Waals surface area contributed by atoms with Crippen molar-refractivity contribution in [3.8, 4) is 0 Å². The number of pyridine rings is 1. The maximum atomic E-state index is 13.9. The molecule has 3 aromatic rings. The van der Waals surface area contributed by atoms with Crippen LogP contribution in [0.4, 0.5) is 4.39 Å². The molecule has 0 saturated carbocycles. The van der Waals surface area contributed by atoms with E-state index in [9.17, 15) is 14.0 Å². The molecule has 0 aliphatic carbocycles. The number of halogens is 1. The highest BCUT2D eigenvalue weighted by Crippen LogP contribution is 2.25. The van der Waals surface area contributed by atoms with Crippen molar-refractivity contribution < 1.29 is 13.9 Å². The Morgan fingerprint density at radius 1 is 1.34 bits per heavy atom. The number of ether oxygens (including phenoxy) is 1. The Kier molecular flexibility index (Phi) is 5.19. The van der Waals surface area contributed by atoms with Crippen LogP contribution in [0.3, 0.4) is 0 Å². The minimum atomic E-state index is -0.395. The fourth-order valence-corrected chi connectivity index (χ4v) is 3.88. The second-order valence-electron chi connectivity index (χ2n) is 7.30. The van der Waals surface area contributed by atoms with Gasteiger partial charge < -0.3 is 9.64 Å². The monoisotopic (exact) mass is 398 g/mol. The van der Waals surface area contributed by atoms with Crippen LogP contribution >= 0.6 is 0 Å². The third-order valence-electron chi connectivity index (χ3n) is 5.48. The van der Waals surface area contributed by atoms with E-state index in [2.05, 4.69) is 4.98 Å². The average molecular weight is 398 g/mol. The number of aromatic nitrogens is 3. The summed E-state index contributed by atoms with van der Waals surface area (Å²) in [5, 5.41) is 0. The van der Waals surface area contributed by atoms with Crippen LogP contribution in [0.5, 0.6) is 0 Å². The number of hydrogen-bond acceptors (Lipinski definition) is 4. The number of hydrogen-bond donors (Lipinski definition) is 0. The van der Waals surface area contributed by atoms with E-state index >= 15 is 0 Å². The molecule has 0 bridgehead atoms. The van der Waals surface area contributed by atoms with E-state index < -0.39 is 5.82 Å². The lowest BCUT2D eigenvalue weighted by molar-refractivity contribution is 0.0787. The van der Waals surface area contributed by atoms with Crippen molar-refractivity contribution in [1.29, 1.82) is 0 Å². The second kappa shape index (κ2) is 7.79. The Balaban J connectivity index is 1.63. The molecule has 0 unspecified atom stereocenters. The van der Waals surface area contributed by atoms with Gasteiger partial charge in [-0.05, 0) is 43.2 Å². The largest absolute Gasteiger partial charge is 0.383 e. The number of carbonyl (C=O) groups is 1. The molecule has 8 heteroatoms. The lowest BCUT2D eigenvalue weighted by Gasteiger charge is -2.17. The predicted molar refractivity (Wildman–Crippen MR) is 107 cm³/mol. The first-order valence-corrected chi connectivity index (χ1v) is 9.61. The molecule has 2 aromatic heterocycles. The summed E-state index contributed by atoms with van der Waals surface area (Å²) < 4.78 is 22.3. The van der Waals surface area contributed by atoms with Crippen molar-refractivity contribution in [3.05, 3.63) is 64.0 Å². The SMILES string of the molecule is COCCn1c(=O)n([C@@H]2CCN(C(=O)c3ccc(C)c(F)c3)C2)c2ncccc21. The molecular weight excluding hydrogens is 375 g/mol. The fraction of sp³-hybridized carbons (Fsp3) is 0.381. The summed E-state index contributed by atoms with van der Waals surface area (Å²) in [4.78, 5) is 32.0. The van der Waals surface area contributed by atoms with Crippen molar-refractivity contribution >= 4 is 17.1 Å². The Hall–Kier alpha value is -3.00. The van der Waals surface area contributed by atoms with Crippen LogP contribution in [0.15, 0.2) is 41.3 Å². The number of rotatable bonds is 5. The highest BCUT2D eigenvalue weighted by Gasteiger charge is 2.31. The van der Waals surface area contributed by atoms with Crippen LogP contribution in [0.2, 0.25) is 0 Å². The number of methoxy groups -OCH3 is 1. The van der Waals surface area contributed by atoms with Gasteiger partial charge in [-0.3, -0.25) is 13.9 Å². The maximum absolute atomic E-state index is 13.9. The molecular formula is C21H23FN4O3. The summed E-state index contributed by atoms with van der Waals surface area (Å²) in [6, 6.07) is 8.00. The van der Waals surface area contributed by atoms with Crippen molar-refractivity contribution in [1.82, 2.24) is 19.0 Å². The zero-order chi connectivity index (χ0) is 20.5. The molecule has 0 radical (unpaired) electrons. The van der Waals surface area contributed by atoms with Crippen molar-refractivity contribution in [2.24, 2.45) is 0 Å². The summed E-state index contributed by atoms with van der Waals surface area (Å²) in [6.45, 7) is 3.40. The van der Waals surface area contributed by atoms with Gasteiger partial charge in [0, 0.05) is 32.0 Å². The van der Waals surface area contributed by atoms with E-state index in [0.29, 0.717) is 49.4 Å². The number of amides is 1. The summed E-state index contributed by atoms with van der Waals surface area (Å²) >= 11 is 0. The zero-order valence-corrected chi connectivity index (χ0v) is 16.5. The Morgan fingerprint density at radius 2 is 2.17 bits per heavy atom. The number of benzene rings is 1. The second-order valence-corrected chi connectivity index (χ2v) is 7.30. The summed E-state index contributed by atoms with van der Waals surface area (Å²) in [5.41, 5.74) is 2.02. The molecule has 7 nitrogen and oxygen atoms in total. The first-order valence-electron chi connectivity index (χ1n) is 9.61. The molecule has 1 amide bonds. The van der Waals surface area contributed by atoms with E-state index in [1.807, 2.05) is 6.07 Å². The molecule has 1 saturated heterocycles. The lowest BCUT2D eigenvalue weighted by Crippen LogP contribution is -2.32. The van der Waals surface area contributed by atoms with Crippen LogP contribution in [0.25, 0.3) is 11.2 Å². The molecule has 3 heterocycles. The standard InChI is InChI=1S/C21H23FN4O3/c1-14-5-6-15(12-17(14)22)20(27)24-9-7-16(13-24)26-19-18(4-3-8-23-19)25(21(26)28)10-11-29-2/h3-6,8,12,16H,7,9-11,13H2,1-2H3/t16-/m1/s1. The van der Waals surface area contributed by atoms with Crippen molar-refractivity contribution in [3.63, 3.8) is 0 Å². The highest BCUT2D eigenvalue weighted by atomic mass is 19.1. The van der Waals surface area contributed by atoms with Crippen LogP contribution in [0, 0.1) is 12.7 Å². The summed E-state index contributed by atoms with van der Waals surface area (Å²) in [6.07, 6.45) is 2.30. The molecule has 152 valence electrons. The molecule has 1 atom stereocenters. The predicted octanol–water partition coefficient (Wildman–Crippen LogP) is 2.38. The molecule has 1 fully saturated rings. The van der Waals surface area contributed by atoms with Gasteiger partial charge >= 0.3 is 5.69 Å². The van der Waals surface area contributed by atoms with Crippen LogP contribution < -0.4 is 5.69 Å². The van der Waals surface area contributed by atoms with Gasteiger partial charge in [0.15, 0.2) is 5.65 Å². The van der Waals surface area contributed by atoms with E-state index in [0.717, 1.165) is 5.52 Å². The first-order chi connectivity index (χ1) is 14.0. The fourth-order valence-electron chi connectivity index (χ4n) is 3.88. The van der Waals surface area contributed by atoms with Crippen LogP contribution in [-0.2, 0) is 11.3 Å². The zero-order valence-electron chi connectivity index (χ0n) is 16.5. The van der Waals surface area contributed by atoms with Gasteiger partial charge in [-0.2, -0.15) is 0 Å². The lowest BCUT2D eigenvalue weighted by atomic mass is 10.1. The Labute approximate surface area is 167 Å². The first kappa shape index (κ1) is 19.3. The minimum Gasteiger partial charge on any atom is -0.383 e. The summed E-state index contributed by atoms with van der Waals surface area (Å²) in [5.74, 6) is -0.622. The van der Waals surface area contributed by atoms with Gasteiger partial charge in [-0.25, -0.2) is 14.2 Å². The van der Waals surface area contributed by atoms with Gasteiger partial charge in [-0.15, -0.1) is 0 Å². The maximum Gasteiger partial charge on any atom is 0.330 e. The van der Waals surface area contributed by atoms with Crippen LogP contribution in [-0.4, -0.2) is 51.7 Å². The smallest absolute Gasteiger partial charge is 0.330 e. The molecule has 0 N–H and O–H groups in total. The van der Waals surface area contributed by atoms with Gasteiger partial charge in [0.1, 0.15) is 5.82 Å². The third kappa shape index (κ3) is 3.44. The average Bonchev–Trinajstić information content (AvgIpc) is 3.30. The molecule has 1 aromatic carbocycles. The van der Waals surface area contributed by atoms with Crippen molar-refractivity contribution in [2.75, 3.05) is 26.8 Å². The highest BCUT2D eigenvalue weighted by molar-refractivity contribution is 5.94. The van der Waals surface area contributed by atoms with E-state index in [1.54, 1.807) is 52.5 Å². The van der Waals surface area contributed by atoms with E-state index in [-0.39, 0.29) is 17.6 Å². The van der Waals surface area contributed by atoms with Gasteiger partial charge in [-0.1, -0.05) is 6.07 Å². The number of imidazole rings is 1. The third-order valence-corrected chi connectivity index (χ3v) is 5.48. The number of likely N-dealkylation sites (tertiary alicyclic amines) is 1. The molecule has 29 heavy (non-hydrogen) atoms. The van der Waals surface area contributed by atoms with E-state index in [4.69, 9.17) is 4.74 Å². The van der Waals surface area contributed by atoms with Gasteiger partial charge in [0.25, 0.3) is 5.91 Å². The minimum absolute atomic E-state index is 0.156. The van der Waals surface area contributed by atoms with E-state index in [1.165, 1.54) is 6.07 Å². The van der Waals surface area contributed by atoms with Crippen molar-refractivity contribution in [2.45, 2.75) is 25.9 Å². The van der Waals surface area contributed by atoms with Gasteiger partial charge in [0.05, 0.1) is 24.7 Å². The Bertz CT molecular complexity index is 1120. The number of fused-ring (bicyclic) bond motifs is 1. The molecule has 1 aliphatic heterocycles. The molecule has 0 spiro atoms. The number of nitrogens with zero attached hydrogens (tertiary/aromatic N) is 4. The Morgan fingerprint density at radius 3 is 2.93 bits per heavy atom. The molecule has 1 aliphatic rings. The van der Waals surface area contributed by atoms with Gasteiger partial charge in [0.2, 0.25) is 0 Å². The molecule has 4 rings (SSSR count). The quantitative estimate of drug-likeness (QED) is 0.662. The number of aryl methyl sites for hydroxylation is 1. The topological polar surface area (TPSA) is 69.4 Å².